The molecule has 4 aromatic rings. The number of benzene rings is 3. The Bertz CT molecular complexity index is 1180. The number of carbonyl (C=O) groups excluding carboxylic acids is 1. The van der Waals surface area contributed by atoms with Crippen LogP contribution < -0.4 is 4.74 Å². The molecule has 0 aliphatic carbocycles. The molecule has 4 rings (SSSR count). The molecular weight excluding hydrogens is 391 g/mol. The Hall–Kier alpha value is -3.60. The van der Waals surface area contributed by atoms with E-state index in [0.29, 0.717) is 19.4 Å². The van der Waals surface area contributed by atoms with Gasteiger partial charge in [-0.25, -0.2) is 4.39 Å². The van der Waals surface area contributed by atoms with Gasteiger partial charge in [0, 0.05) is 36.6 Å². The first-order valence-electron chi connectivity index (χ1n) is 10.3. The molecule has 3 aromatic carbocycles. The van der Waals surface area contributed by atoms with E-state index in [4.69, 9.17) is 4.74 Å². The molecule has 158 valence electrons. The van der Waals surface area contributed by atoms with Gasteiger partial charge in [-0.1, -0.05) is 30.3 Å². The number of para-hydroxylation sites is 1. The number of methoxy groups -OCH3 is 1. The van der Waals surface area contributed by atoms with Gasteiger partial charge in [-0.3, -0.25) is 4.79 Å². The van der Waals surface area contributed by atoms with E-state index in [0.717, 1.165) is 39.0 Å². The Kier molecular flexibility index (Phi) is 6.03. The molecule has 0 saturated heterocycles. The lowest BCUT2D eigenvalue weighted by atomic mass is 10.0. The highest BCUT2D eigenvalue weighted by atomic mass is 19.1. The van der Waals surface area contributed by atoms with E-state index in [1.807, 2.05) is 42.5 Å². The quantitative estimate of drug-likeness (QED) is 0.428. The van der Waals surface area contributed by atoms with Gasteiger partial charge in [-0.2, -0.15) is 0 Å². The lowest BCUT2D eigenvalue weighted by molar-refractivity contribution is -0.130. The number of hydrogen-bond donors (Lipinski definition) is 1. The van der Waals surface area contributed by atoms with Crippen LogP contribution in [-0.2, 0) is 17.8 Å². The van der Waals surface area contributed by atoms with Gasteiger partial charge in [-0.15, -0.1) is 0 Å². The van der Waals surface area contributed by atoms with Gasteiger partial charge in [-0.05, 0) is 65.6 Å². The number of amides is 1. The van der Waals surface area contributed by atoms with Crippen LogP contribution in [0.3, 0.4) is 0 Å². The molecule has 4 nitrogen and oxygen atoms in total. The maximum Gasteiger partial charge on any atom is 0.222 e. The highest BCUT2D eigenvalue weighted by molar-refractivity contribution is 5.91. The van der Waals surface area contributed by atoms with Crippen LogP contribution >= 0.6 is 0 Å². The maximum absolute atomic E-state index is 13.1. The summed E-state index contributed by atoms with van der Waals surface area (Å²) in [6.45, 7) is 0.457. The van der Waals surface area contributed by atoms with Crippen LogP contribution in [-0.4, -0.2) is 29.9 Å². The van der Waals surface area contributed by atoms with E-state index in [-0.39, 0.29) is 11.7 Å². The molecule has 0 spiro atoms. The van der Waals surface area contributed by atoms with Crippen LogP contribution in [0, 0.1) is 5.82 Å². The van der Waals surface area contributed by atoms with Crippen LogP contribution in [0.25, 0.3) is 22.2 Å². The molecule has 31 heavy (non-hydrogen) atoms. The number of H-pyrrole nitrogens is 1. The second-order valence-corrected chi connectivity index (χ2v) is 7.63. The van der Waals surface area contributed by atoms with Crippen molar-refractivity contribution in [2.75, 3.05) is 14.2 Å². The molecule has 1 heterocycles. The molecule has 1 amide bonds. The number of hydrogen-bond acceptors (Lipinski definition) is 2. The first kappa shape index (κ1) is 20.7. The fourth-order valence-corrected chi connectivity index (χ4v) is 3.84. The molecule has 0 fully saturated rings. The lowest BCUT2D eigenvalue weighted by Gasteiger charge is -2.17. The van der Waals surface area contributed by atoms with Crippen LogP contribution in [0.5, 0.6) is 5.75 Å². The monoisotopic (exact) mass is 416 g/mol. The Morgan fingerprint density at radius 3 is 2.42 bits per heavy atom. The summed E-state index contributed by atoms with van der Waals surface area (Å²) in [7, 11) is 3.43. The molecule has 0 aliphatic heterocycles. The number of fused-ring (bicyclic) bond motifs is 1. The molecule has 1 aromatic heterocycles. The third-order valence-electron chi connectivity index (χ3n) is 5.54. The van der Waals surface area contributed by atoms with Crippen molar-refractivity contribution in [1.29, 1.82) is 0 Å². The van der Waals surface area contributed by atoms with Crippen molar-refractivity contribution in [3.63, 3.8) is 0 Å². The van der Waals surface area contributed by atoms with Crippen LogP contribution in [0.1, 0.15) is 17.5 Å². The molecule has 0 unspecified atom stereocenters. The minimum absolute atomic E-state index is 0.0512. The summed E-state index contributed by atoms with van der Waals surface area (Å²) in [5, 5.41) is 1.13. The summed E-state index contributed by atoms with van der Waals surface area (Å²) < 4.78 is 18.4. The molecule has 0 saturated carbocycles. The smallest absolute Gasteiger partial charge is 0.222 e. The summed E-state index contributed by atoms with van der Waals surface area (Å²) >= 11 is 0. The molecule has 5 heteroatoms. The SMILES string of the molecule is COc1ccc(-c2[nH]c3ccccc3c2CCC(=O)N(C)Cc2ccc(F)cc2)cc1. The van der Waals surface area contributed by atoms with Gasteiger partial charge in [0.2, 0.25) is 5.91 Å². The van der Waals surface area contributed by atoms with Gasteiger partial charge in [0.15, 0.2) is 0 Å². The van der Waals surface area contributed by atoms with Crippen LogP contribution in [0.4, 0.5) is 4.39 Å². The summed E-state index contributed by atoms with van der Waals surface area (Å²) in [5.41, 5.74) is 5.17. The third-order valence-corrected chi connectivity index (χ3v) is 5.54. The van der Waals surface area contributed by atoms with E-state index >= 15 is 0 Å². The summed E-state index contributed by atoms with van der Waals surface area (Å²) in [5.74, 6) is 0.581. The van der Waals surface area contributed by atoms with E-state index in [2.05, 4.69) is 11.1 Å². The molecule has 0 radical (unpaired) electrons. The second-order valence-electron chi connectivity index (χ2n) is 7.63. The summed E-state index contributed by atoms with van der Waals surface area (Å²) in [6.07, 6.45) is 1.01. The van der Waals surface area contributed by atoms with Crippen LogP contribution in [0.2, 0.25) is 0 Å². The predicted molar refractivity (Wildman–Crippen MR) is 121 cm³/mol. The zero-order chi connectivity index (χ0) is 21.8. The number of halogens is 1. The second kappa shape index (κ2) is 9.04. The van der Waals surface area contributed by atoms with E-state index in [9.17, 15) is 9.18 Å². The van der Waals surface area contributed by atoms with Gasteiger partial charge in [0.1, 0.15) is 11.6 Å². The number of nitrogens with zero attached hydrogens (tertiary/aromatic N) is 1. The minimum atomic E-state index is -0.275. The van der Waals surface area contributed by atoms with Crippen molar-refractivity contribution in [3.8, 4) is 17.0 Å². The fraction of sp³-hybridized carbons (Fsp3) is 0.192. The summed E-state index contributed by atoms with van der Waals surface area (Å²) in [6, 6.07) is 22.3. The zero-order valence-electron chi connectivity index (χ0n) is 17.7. The molecule has 1 N–H and O–H groups in total. The molecule has 0 bridgehead atoms. The number of nitrogens with one attached hydrogen (secondary N) is 1. The van der Waals surface area contributed by atoms with Crippen molar-refractivity contribution < 1.29 is 13.9 Å². The number of carbonyl (C=O) groups is 1. The third kappa shape index (κ3) is 4.61. The van der Waals surface area contributed by atoms with Crippen LogP contribution in [0.15, 0.2) is 72.8 Å². The number of aromatic nitrogens is 1. The van der Waals surface area contributed by atoms with Gasteiger partial charge in [0.25, 0.3) is 0 Å². The average molecular weight is 416 g/mol. The van der Waals surface area contributed by atoms with Gasteiger partial charge in [0.05, 0.1) is 7.11 Å². The molecular formula is C26H25FN2O2. The Morgan fingerprint density at radius 2 is 1.71 bits per heavy atom. The Labute approximate surface area is 181 Å². The molecule has 0 aliphatic rings. The Morgan fingerprint density at radius 1 is 1.00 bits per heavy atom. The van der Waals surface area contributed by atoms with E-state index < -0.39 is 0 Å². The van der Waals surface area contributed by atoms with Gasteiger partial charge >= 0.3 is 0 Å². The predicted octanol–water partition coefficient (Wildman–Crippen LogP) is 5.57. The van der Waals surface area contributed by atoms with Crippen molar-refractivity contribution >= 4 is 16.8 Å². The van der Waals surface area contributed by atoms with E-state index in [1.165, 1.54) is 12.1 Å². The largest absolute Gasteiger partial charge is 0.497 e. The highest BCUT2D eigenvalue weighted by Crippen LogP contribution is 2.32. The zero-order valence-corrected chi connectivity index (χ0v) is 17.7. The van der Waals surface area contributed by atoms with Gasteiger partial charge < -0.3 is 14.6 Å². The average Bonchev–Trinajstić information content (AvgIpc) is 3.17. The minimum Gasteiger partial charge on any atom is -0.497 e. The van der Waals surface area contributed by atoms with E-state index in [1.54, 1.807) is 31.2 Å². The lowest BCUT2D eigenvalue weighted by Crippen LogP contribution is -2.26. The number of rotatable bonds is 7. The van der Waals surface area contributed by atoms with Crippen molar-refractivity contribution in [3.05, 3.63) is 89.7 Å². The van der Waals surface area contributed by atoms with Crippen molar-refractivity contribution in [1.82, 2.24) is 9.88 Å². The molecule has 0 atom stereocenters. The first-order chi connectivity index (χ1) is 15.0. The first-order valence-corrected chi connectivity index (χ1v) is 10.3. The Balaban J connectivity index is 1.54. The highest BCUT2D eigenvalue weighted by Gasteiger charge is 2.16. The maximum atomic E-state index is 13.1. The topological polar surface area (TPSA) is 45.3 Å². The van der Waals surface area contributed by atoms with Crippen molar-refractivity contribution in [2.24, 2.45) is 0 Å². The standard InChI is InChI=1S/C26H25FN2O2/c1-29(17-18-7-11-20(27)12-8-18)25(30)16-15-23-22-5-3-4-6-24(22)28-26(23)19-9-13-21(31-2)14-10-19/h3-14,28H,15-17H2,1-2H3. The number of aryl methyl sites for hydroxylation is 1. The van der Waals surface area contributed by atoms with Crippen molar-refractivity contribution in [2.45, 2.75) is 19.4 Å². The normalized spacial score (nSPS) is 10.9. The number of ether oxygens (including phenoxy) is 1. The fourth-order valence-electron chi connectivity index (χ4n) is 3.84. The summed E-state index contributed by atoms with van der Waals surface area (Å²) in [4.78, 5) is 18.0. The number of aromatic amines is 1.